The summed E-state index contributed by atoms with van der Waals surface area (Å²) < 4.78 is 0. The molecule has 8 heteroatoms. The van der Waals surface area contributed by atoms with Gasteiger partial charge in [0.1, 0.15) is 24.6 Å². The Balaban J connectivity index is 3.63. The Morgan fingerprint density at radius 2 is 1.31 bits per heavy atom. The molecule has 8 nitrogen and oxygen atoms in total. The zero-order valence-electron chi connectivity index (χ0n) is 15.4. The Morgan fingerprint density at radius 1 is 0.808 bits per heavy atom. The fourth-order valence-corrected chi connectivity index (χ4v) is 2.56. The lowest BCUT2D eigenvalue weighted by molar-refractivity contribution is -0.126. The van der Waals surface area contributed by atoms with Crippen molar-refractivity contribution in [2.24, 2.45) is 0 Å². The van der Waals surface area contributed by atoms with Gasteiger partial charge in [0, 0.05) is 19.4 Å². The Morgan fingerprint density at radius 3 is 1.85 bits per heavy atom. The molecule has 0 aliphatic carbocycles. The molecule has 4 atom stereocenters. The molecular weight excluding hydrogens is 342 g/mol. The van der Waals surface area contributed by atoms with Crippen LogP contribution in [0.2, 0.25) is 0 Å². The summed E-state index contributed by atoms with van der Waals surface area (Å²) in [4.78, 5) is 21.8. The van der Waals surface area contributed by atoms with Gasteiger partial charge in [0.2, 0.25) is 5.91 Å². The highest BCUT2D eigenvalue weighted by atomic mass is 16.4. The van der Waals surface area contributed by atoms with Crippen LogP contribution in [0.1, 0.15) is 64.2 Å². The van der Waals surface area contributed by atoms with E-state index in [1.54, 1.807) is 0 Å². The van der Waals surface area contributed by atoms with E-state index < -0.39 is 31.0 Å². The molecule has 0 aromatic rings. The van der Waals surface area contributed by atoms with Crippen molar-refractivity contribution in [2.75, 3.05) is 13.2 Å². The number of aldehydes is 1. The van der Waals surface area contributed by atoms with Gasteiger partial charge in [-0.05, 0) is 12.8 Å². The maximum atomic E-state index is 11.7. The van der Waals surface area contributed by atoms with Gasteiger partial charge in [-0.15, -0.1) is 0 Å². The Bertz CT molecular complexity index is 367. The maximum Gasteiger partial charge on any atom is 0.220 e. The molecule has 1 amide bonds. The first-order valence-corrected chi connectivity index (χ1v) is 9.47. The van der Waals surface area contributed by atoms with Gasteiger partial charge in [-0.3, -0.25) is 4.79 Å². The lowest BCUT2D eigenvalue weighted by Gasteiger charge is -2.25. The number of rotatable bonds is 17. The summed E-state index contributed by atoms with van der Waals surface area (Å²) >= 11 is 0. The van der Waals surface area contributed by atoms with Crippen LogP contribution in [0.3, 0.4) is 0 Å². The molecule has 0 heterocycles. The average molecular weight is 377 g/mol. The van der Waals surface area contributed by atoms with Crippen molar-refractivity contribution in [1.82, 2.24) is 5.32 Å². The molecule has 0 aromatic heterocycles. The topological polar surface area (TPSA) is 147 Å². The highest BCUT2D eigenvalue weighted by molar-refractivity contribution is 5.75. The summed E-state index contributed by atoms with van der Waals surface area (Å²) in [5.74, 6) is -0.248. The first-order valence-electron chi connectivity index (χ1n) is 9.47. The van der Waals surface area contributed by atoms with Gasteiger partial charge in [-0.2, -0.15) is 0 Å². The molecule has 0 aliphatic rings. The summed E-state index contributed by atoms with van der Waals surface area (Å²) in [6, 6.07) is 0. The molecule has 0 rings (SSSR count). The number of amides is 1. The molecule has 154 valence electrons. The van der Waals surface area contributed by atoms with Crippen LogP contribution in [0, 0.1) is 0 Å². The lowest BCUT2D eigenvalue weighted by Crippen LogP contribution is -2.49. The van der Waals surface area contributed by atoms with E-state index >= 15 is 0 Å². The van der Waals surface area contributed by atoms with E-state index in [1.165, 1.54) is 0 Å². The number of hydrogen-bond donors (Lipinski definition) is 6. The van der Waals surface area contributed by atoms with Gasteiger partial charge < -0.3 is 35.6 Å². The molecule has 0 bridgehead atoms. The number of carbonyl (C=O) groups excluding carboxylic acids is 2. The molecule has 0 fully saturated rings. The fraction of sp³-hybridized carbons (Fsp3) is 0.889. The quantitative estimate of drug-likeness (QED) is 0.150. The Kier molecular flexibility index (Phi) is 15.5. The zero-order valence-corrected chi connectivity index (χ0v) is 15.4. The smallest absolute Gasteiger partial charge is 0.220 e. The number of unbranched alkanes of at least 4 members (excludes halogenated alkanes) is 8. The van der Waals surface area contributed by atoms with Gasteiger partial charge in [0.05, 0.1) is 12.7 Å². The first-order chi connectivity index (χ1) is 12.4. The maximum absolute atomic E-state index is 11.7. The van der Waals surface area contributed by atoms with Crippen LogP contribution in [-0.4, -0.2) is 75.3 Å². The van der Waals surface area contributed by atoms with Crippen LogP contribution in [0.15, 0.2) is 0 Å². The lowest BCUT2D eigenvalue weighted by atomic mass is 10.0. The second-order valence-electron chi connectivity index (χ2n) is 6.64. The predicted molar refractivity (Wildman–Crippen MR) is 96.4 cm³/mol. The van der Waals surface area contributed by atoms with Crippen molar-refractivity contribution in [3.05, 3.63) is 0 Å². The Hall–Kier alpha value is -1.06. The monoisotopic (exact) mass is 377 g/mol. The molecule has 0 radical (unpaired) electrons. The SMILES string of the molecule is O=CCCCCCCCCCCC(=O)NC[C@H](O)[C@@H](O)[C@H](O)[C@H](O)CO. The van der Waals surface area contributed by atoms with Crippen LogP contribution in [0.25, 0.3) is 0 Å². The van der Waals surface area contributed by atoms with Crippen LogP contribution in [0.4, 0.5) is 0 Å². The van der Waals surface area contributed by atoms with Crippen molar-refractivity contribution in [1.29, 1.82) is 0 Å². The van der Waals surface area contributed by atoms with E-state index in [0.717, 1.165) is 57.7 Å². The third-order valence-corrected chi connectivity index (χ3v) is 4.31. The summed E-state index contributed by atoms with van der Waals surface area (Å²) in [6.07, 6.45) is 3.71. The minimum atomic E-state index is -1.69. The minimum absolute atomic E-state index is 0.240. The zero-order chi connectivity index (χ0) is 19.8. The van der Waals surface area contributed by atoms with Crippen molar-refractivity contribution in [2.45, 2.75) is 88.6 Å². The summed E-state index contributed by atoms with van der Waals surface area (Å²) in [7, 11) is 0. The molecule has 0 aliphatic heterocycles. The third-order valence-electron chi connectivity index (χ3n) is 4.31. The summed E-state index contributed by atoms with van der Waals surface area (Å²) in [6.45, 7) is -0.980. The highest BCUT2D eigenvalue weighted by Gasteiger charge is 2.29. The second-order valence-corrected chi connectivity index (χ2v) is 6.64. The van der Waals surface area contributed by atoms with E-state index in [2.05, 4.69) is 5.32 Å². The van der Waals surface area contributed by atoms with Gasteiger partial charge in [0.25, 0.3) is 0 Å². The van der Waals surface area contributed by atoms with E-state index in [-0.39, 0.29) is 12.5 Å². The molecule has 0 saturated carbocycles. The van der Waals surface area contributed by atoms with Crippen molar-refractivity contribution in [3.63, 3.8) is 0 Å². The van der Waals surface area contributed by atoms with Crippen LogP contribution >= 0.6 is 0 Å². The average Bonchev–Trinajstić information content (AvgIpc) is 2.65. The standard InChI is InChI=1S/C18H35NO7/c20-11-9-7-5-3-1-2-4-6-8-10-16(24)19-12-14(22)17(25)18(26)15(23)13-21/h11,14-15,17-18,21-23,25-26H,1-10,12-13H2,(H,19,24)/t14-,15+,17+,18+/m0/s1. The molecular formula is C18H35NO7. The third kappa shape index (κ3) is 12.3. The number of hydrogen-bond acceptors (Lipinski definition) is 7. The van der Waals surface area contributed by atoms with Gasteiger partial charge in [-0.25, -0.2) is 0 Å². The van der Waals surface area contributed by atoms with Crippen molar-refractivity contribution >= 4 is 12.2 Å². The van der Waals surface area contributed by atoms with E-state index in [1.807, 2.05) is 0 Å². The number of carbonyl (C=O) groups is 2. The summed E-state index contributed by atoms with van der Waals surface area (Å²) in [5, 5.41) is 49.2. The van der Waals surface area contributed by atoms with E-state index in [0.29, 0.717) is 12.8 Å². The number of nitrogens with one attached hydrogen (secondary N) is 1. The van der Waals surface area contributed by atoms with E-state index in [4.69, 9.17) is 5.11 Å². The van der Waals surface area contributed by atoms with Gasteiger partial charge in [-0.1, -0.05) is 38.5 Å². The van der Waals surface area contributed by atoms with Crippen molar-refractivity contribution < 1.29 is 35.1 Å². The van der Waals surface area contributed by atoms with Crippen molar-refractivity contribution in [3.8, 4) is 0 Å². The predicted octanol–water partition coefficient (Wildman–Crippen LogP) is -0.362. The first kappa shape index (κ1) is 24.9. The fourth-order valence-electron chi connectivity index (χ4n) is 2.56. The van der Waals surface area contributed by atoms with Gasteiger partial charge in [0.15, 0.2) is 0 Å². The molecule has 0 saturated heterocycles. The highest BCUT2D eigenvalue weighted by Crippen LogP contribution is 2.10. The minimum Gasteiger partial charge on any atom is -0.394 e. The molecule has 0 aromatic carbocycles. The molecule has 0 unspecified atom stereocenters. The summed E-state index contributed by atoms with van der Waals surface area (Å²) in [5.41, 5.74) is 0. The van der Waals surface area contributed by atoms with E-state index in [9.17, 15) is 30.0 Å². The molecule has 0 spiro atoms. The van der Waals surface area contributed by atoms with Gasteiger partial charge >= 0.3 is 0 Å². The molecule has 26 heavy (non-hydrogen) atoms. The van der Waals surface area contributed by atoms with Crippen LogP contribution in [-0.2, 0) is 9.59 Å². The van der Waals surface area contributed by atoms with Crippen LogP contribution < -0.4 is 5.32 Å². The Labute approximate surface area is 155 Å². The number of aliphatic hydroxyl groups is 5. The number of aliphatic hydroxyl groups excluding tert-OH is 5. The largest absolute Gasteiger partial charge is 0.394 e. The normalized spacial score (nSPS) is 15.9. The van der Waals surface area contributed by atoms with Crippen LogP contribution in [0.5, 0.6) is 0 Å². The molecule has 6 N–H and O–H groups in total. The second kappa shape index (κ2) is 16.1.